The van der Waals surface area contributed by atoms with Crippen molar-refractivity contribution in [3.8, 4) is 0 Å². The van der Waals surface area contributed by atoms with Crippen molar-refractivity contribution in [2.45, 2.75) is 6.42 Å². The molecular weight excluding hydrogens is 192 g/mol. The van der Waals surface area contributed by atoms with Crippen LogP contribution in [0.2, 0.25) is 0 Å². The second-order valence-electron chi connectivity index (χ2n) is 0.354. The van der Waals surface area contributed by atoms with Crippen LogP contribution in [0, 0.1) is 62.1 Å². The monoisotopic (exact) mass is 199 g/mol. The summed E-state index contributed by atoms with van der Waals surface area (Å²) in [7, 11) is 0. The van der Waals surface area contributed by atoms with Gasteiger partial charge in [-0.25, -0.2) is 0 Å². The van der Waals surface area contributed by atoms with Gasteiger partial charge in [0.2, 0.25) is 0 Å². The predicted octanol–water partition coefficient (Wildman–Crippen LogP) is 1.49. The minimum Gasteiger partial charge on any atom is -0.372 e. The first kappa shape index (κ1) is 16.2. The molecule has 0 fully saturated rings. The van der Waals surface area contributed by atoms with Crippen molar-refractivity contribution in [1.82, 2.24) is 0 Å². The van der Waals surface area contributed by atoms with Gasteiger partial charge in [-0.3, -0.25) is 0 Å². The molecule has 0 amide bonds. The smallest absolute Gasteiger partial charge is 0.372 e. The minimum absolute atomic E-state index is 0. The van der Waals surface area contributed by atoms with Gasteiger partial charge >= 0.3 is 40.8 Å². The molecular formula is C4H9Nd. The summed E-state index contributed by atoms with van der Waals surface area (Å²) in [4.78, 5) is 0. The summed E-state index contributed by atoms with van der Waals surface area (Å²) in [6.45, 7) is 6.75. The second-order valence-corrected chi connectivity index (χ2v) is 0.354. The zero-order chi connectivity index (χ0) is 2.71. The van der Waals surface area contributed by atoms with Crippen LogP contribution in [0.1, 0.15) is 6.42 Å². The molecule has 5 heavy (non-hydrogen) atoms. The Bertz CT molecular complexity index is 3.61. The average Bonchev–Trinajstić information content (AvgIpc) is 0.918. The molecule has 0 heterocycles. The van der Waals surface area contributed by atoms with E-state index in [1.165, 1.54) is 0 Å². The number of rotatable bonds is 0. The molecule has 0 aliphatic heterocycles. The van der Waals surface area contributed by atoms with E-state index >= 15 is 0 Å². The molecule has 0 rings (SSSR count). The standard InChI is InChI=1S/C3H6.CH3.Nd/c1-3-2;;/h1-3H2;1H3;/q-2;-1;+3. The Kier molecular flexibility index (Phi) is 59.4. The van der Waals surface area contributed by atoms with Crippen molar-refractivity contribution in [3.05, 3.63) is 21.3 Å². The molecule has 1 heteroatoms. The molecule has 0 nitrogen and oxygen atoms in total. The van der Waals surface area contributed by atoms with Crippen LogP contribution in [-0.2, 0) is 0 Å². The van der Waals surface area contributed by atoms with Crippen LogP contribution in [-0.4, -0.2) is 0 Å². The summed E-state index contributed by atoms with van der Waals surface area (Å²) in [5, 5.41) is 0. The molecule has 0 unspecified atom stereocenters. The van der Waals surface area contributed by atoms with E-state index in [1.807, 2.05) is 0 Å². The third-order valence-corrected chi connectivity index (χ3v) is 0. The van der Waals surface area contributed by atoms with E-state index in [2.05, 4.69) is 13.8 Å². The minimum atomic E-state index is 0. The molecule has 0 saturated heterocycles. The zero-order valence-electron chi connectivity index (χ0n) is 3.62. The summed E-state index contributed by atoms with van der Waals surface area (Å²) in [5.74, 6) is 0. The van der Waals surface area contributed by atoms with Gasteiger partial charge in [-0.2, -0.15) is 0 Å². The molecule has 29 valence electrons. The molecule has 0 aliphatic carbocycles. The van der Waals surface area contributed by atoms with Crippen molar-refractivity contribution in [1.29, 1.82) is 0 Å². The van der Waals surface area contributed by atoms with Crippen LogP contribution in [0.3, 0.4) is 0 Å². The normalized spacial score (nSPS) is 3.60. The summed E-state index contributed by atoms with van der Waals surface area (Å²) in [6.07, 6.45) is 0.750. The fraction of sp³-hybridized carbons (Fsp3) is 0.250. The van der Waals surface area contributed by atoms with Gasteiger partial charge in [-0.05, 0) is 0 Å². The maximum atomic E-state index is 3.38. The summed E-state index contributed by atoms with van der Waals surface area (Å²) < 4.78 is 0. The maximum absolute atomic E-state index is 3.38. The Balaban J connectivity index is -0.0000000200. The van der Waals surface area contributed by atoms with E-state index in [0.29, 0.717) is 0 Å². The van der Waals surface area contributed by atoms with Crippen LogP contribution in [0.25, 0.3) is 0 Å². The summed E-state index contributed by atoms with van der Waals surface area (Å²) in [6, 6.07) is 0. The first-order chi connectivity index (χ1) is 1.41. The van der Waals surface area contributed by atoms with Crippen LogP contribution >= 0.6 is 0 Å². The van der Waals surface area contributed by atoms with Crippen LogP contribution < -0.4 is 0 Å². The molecule has 1 radical (unpaired) electrons. The van der Waals surface area contributed by atoms with Gasteiger partial charge in [0, 0.05) is 0 Å². The van der Waals surface area contributed by atoms with E-state index in [-0.39, 0.29) is 48.3 Å². The van der Waals surface area contributed by atoms with Gasteiger partial charge in [0.15, 0.2) is 0 Å². The Labute approximate surface area is 67.9 Å². The molecule has 0 aliphatic rings. The van der Waals surface area contributed by atoms with Gasteiger partial charge in [-0.15, -0.1) is 0 Å². The first-order valence-corrected chi connectivity index (χ1v) is 1.000. The third kappa shape index (κ3) is 32.9. The fourth-order valence-electron chi connectivity index (χ4n) is 0. The Morgan fingerprint density at radius 3 is 1.20 bits per heavy atom. The molecule has 0 saturated carbocycles. The van der Waals surface area contributed by atoms with Crippen molar-refractivity contribution >= 4 is 0 Å². The fourth-order valence-corrected chi connectivity index (χ4v) is 0. The molecule has 0 N–H and O–H groups in total. The largest absolute Gasteiger partial charge is 3.00 e. The van der Waals surface area contributed by atoms with E-state index < -0.39 is 0 Å². The van der Waals surface area contributed by atoms with Crippen LogP contribution in [0.15, 0.2) is 0 Å². The van der Waals surface area contributed by atoms with Crippen molar-refractivity contribution in [2.24, 2.45) is 0 Å². The van der Waals surface area contributed by atoms with Gasteiger partial charge in [0.05, 0.1) is 0 Å². The van der Waals surface area contributed by atoms with Crippen molar-refractivity contribution < 1.29 is 40.8 Å². The molecule has 0 bridgehead atoms. The quantitative estimate of drug-likeness (QED) is 0.521. The Morgan fingerprint density at radius 1 is 1.20 bits per heavy atom. The molecule has 0 aromatic carbocycles. The summed E-state index contributed by atoms with van der Waals surface area (Å²) in [5.41, 5.74) is 0. The first-order valence-electron chi connectivity index (χ1n) is 1.000. The summed E-state index contributed by atoms with van der Waals surface area (Å²) >= 11 is 0. The molecule has 0 aromatic heterocycles. The van der Waals surface area contributed by atoms with Gasteiger partial charge in [0.25, 0.3) is 0 Å². The van der Waals surface area contributed by atoms with E-state index in [1.54, 1.807) is 0 Å². The third-order valence-electron chi connectivity index (χ3n) is 0. The second kappa shape index (κ2) is 18.3. The van der Waals surface area contributed by atoms with E-state index in [4.69, 9.17) is 0 Å². The maximum Gasteiger partial charge on any atom is 3.00 e. The van der Waals surface area contributed by atoms with E-state index in [0.717, 1.165) is 6.42 Å². The topological polar surface area (TPSA) is 0 Å². The predicted molar refractivity (Wildman–Crippen MR) is 21.7 cm³/mol. The Morgan fingerprint density at radius 2 is 1.20 bits per heavy atom. The van der Waals surface area contributed by atoms with Crippen molar-refractivity contribution in [3.63, 3.8) is 0 Å². The van der Waals surface area contributed by atoms with Gasteiger partial charge < -0.3 is 27.7 Å². The number of hydrogen-bond acceptors (Lipinski definition) is 0. The molecule has 0 spiro atoms. The molecule has 0 atom stereocenters. The SMILES string of the molecule is [CH2-]C[CH2-].[CH3-].[Nd+3]. The van der Waals surface area contributed by atoms with Gasteiger partial charge in [-0.1, -0.05) is 0 Å². The zero-order valence-corrected chi connectivity index (χ0v) is 6.83. The number of hydrogen-bond donors (Lipinski definition) is 0. The Hall–Kier alpha value is 1.35. The van der Waals surface area contributed by atoms with Crippen molar-refractivity contribution in [2.75, 3.05) is 0 Å². The molecule has 0 aromatic rings. The van der Waals surface area contributed by atoms with Gasteiger partial charge in [0.1, 0.15) is 0 Å². The van der Waals surface area contributed by atoms with Crippen LogP contribution in [0.4, 0.5) is 0 Å². The van der Waals surface area contributed by atoms with Crippen LogP contribution in [0.5, 0.6) is 0 Å². The average molecular weight is 201 g/mol. The van der Waals surface area contributed by atoms with E-state index in [9.17, 15) is 0 Å².